The zero-order valence-corrected chi connectivity index (χ0v) is 33.1. The van der Waals surface area contributed by atoms with E-state index in [-0.39, 0.29) is 32.3 Å². The quantitative estimate of drug-likeness (QED) is 0.0142. The van der Waals surface area contributed by atoms with Crippen LogP contribution in [0.3, 0.4) is 0 Å². The maximum Gasteiger partial charge on any atom is 0.472 e. The number of hydrogen-bond donors (Lipinski definition) is 3. The van der Waals surface area contributed by atoms with Crippen molar-refractivity contribution >= 4 is 13.8 Å². The Morgan fingerprint density at radius 1 is 0.706 bits per heavy atom. The Bertz CT molecular complexity index is 981. The molecule has 0 fully saturated rings. The minimum absolute atomic E-state index is 0.0861. The van der Waals surface area contributed by atoms with Crippen molar-refractivity contribution in [1.82, 2.24) is 0 Å². The molecule has 0 heterocycles. The van der Waals surface area contributed by atoms with Crippen molar-refractivity contribution in [3.63, 3.8) is 0 Å². The molecule has 9 nitrogen and oxygen atoms in total. The SMILES string of the molecule is CC/C=C/CC(O)/C=C/C=C/CCCCCCCC(=O)OC[C@H](COP(=O)(O)OCCN)O/C=C/CCCCCCCC/C=C\CCCCCC. The predicted octanol–water partition coefficient (Wildman–Crippen LogP) is 10.7. The van der Waals surface area contributed by atoms with E-state index in [9.17, 15) is 19.4 Å². The van der Waals surface area contributed by atoms with Gasteiger partial charge in [0.2, 0.25) is 0 Å². The topological polar surface area (TPSA) is 138 Å². The smallest absolute Gasteiger partial charge is 0.472 e. The first-order chi connectivity index (χ1) is 24.8. The molecule has 0 aromatic heterocycles. The molecule has 0 aliphatic heterocycles. The summed E-state index contributed by atoms with van der Waals surface area (Å²) in [6, 6.07) is 0. The second-order valence-corrected chi connectivity index (χ2v) is 14.5. The van der Waals surface area contributed by atoms with Gasteiger partial charge in [0.25, 0.3) is 0 Å². The van der Waals surface area contributed by atoms with Gasteiger partial charge in [-0.1, -0.05) is 127 Å². The number of esters is 1. The van der Waals surface area contributed by atoms with Crippen molar-refractivity contribution in [2.45, 2.75) is 167 Å². The van der Waals surface area contributed by atoms with Crippen LogP contribution in [0.1, 0.15) is 155 Å². The monoisotopic (exact) mass is 740 g/mol. The van der Waals surface area contributed by atoms with Gasteiger partial charge in [-0.3, -0.25) is 13.8 Å². The lowest BCUT2D eigenvalue weighted by Crippen LogP contribution is -2.25. The highest BCUT2D eigenvalue weighted by molar-refractivity contribution is 7.47. The number of nitrogens with two attached hydrogens (primary N) is 1. The van der Waals surface area contributed by atoms with Crippen molar-refractivity contribution in [1.29, 1.82) is 0 Å². The normalized spacial score (nSPS) is 14.8. The largest absolute Gasteiger partial charge is 0.492 e. The molecule has 0 rings (SSSR count). The Morgan fingerprint density at radius 3 is 1.92 bits per heavy atom. The van der Waals surface area contributed by atoms with Crippen LogP contribution < -0.4 is 5.73 Å². The summed E-state index contributed by atoms with van der Waals surface area (Å²) in [6.45, 7) is 3.93. The zero-order valence-electron chi connectivity index (χ0n) is 32.2. The van der Waals surface area contributed by atoms with Gasteiger partial charge in [0.1, 0.15) is 6.61 Å². The third-order valence-electron chi connectivity index (χ3n) is 8.09. The van der Waals surface area contributed by atoms with Gasteiger partial charge in [-0.05, 0) is 76.7 Å². The molecule has 0 aliphatic carbocycles. The van der Waals surface area contributed by atoms with Crippen LogP contribution in [0.4, 0.5) is 0 Å². The number of phosphoric acid groups is 1. The summed E-state index contributed by atoms with van der Waals surface area (Å²) in [4.78, 5) is 22.2. The molecule has 0 amide bonds. The molecule has 0 radical (unpaired) electrons. The van der Waals surface area contributed by atoms with Gasteiger partial charge in [0, 0.05) is 13.0 Å². The second-order valence-electron chi connectivity index (χ2n) is 13.0. The lowest BCUT2D eigenvalue weighted by atomic mass is 10.1. The Balaban J connectivity index is 4.21. The lowest BCUT2D eigenvalue weighted by molar-refractivity contribution is -0.147. The summed E-state index contributed by atoms with van der Waals surface area (Å²) in [6.07, 6.45) is 42.3. The predicted molar refractivity (Wildman–Crippen MR) is 211 cm³/mol. The number of allylic oxidation sites excluding steroid dienone is 7. The van der Waals surface area contributed by atoms with Gasteiger partial charge in [-0.25, -0.2) is 4.57 Å². The van der Waals surface area contributed by atoms with E-state index in [2.05, 4.69) is 38.2 Å². The van der Waals surface area contributed by atoms with E-state index in [1.165, 1.54) is 64.2 Å². The maximum absolute atomic E-state index is 12.4. The van der Waals surface area contributed by atoms with E-state index < -0.39 is 20.0 Å². The van der Waals surface area contributed by atoms with Crippen LogP contribution in [-0.2, 0) is 27.9 Å². The average molecular weight is 740 g/mol. The Hall–Kier alpha value is -2.00. The fourth-order valence-electron chi connectivity index (χ4n) is 5.07. The fourth-order valence-corrected chi connectivity index (χ4v) is 5.83. The van der Waals surface area contributed by atoms with Gasteiger partial charge in [-0.15, -0.1) is 0 Å². The van der Waals surface area contributed by atoms with Crippen molar-refractivity contribution in [2.75, 3.05) is 26.4 Å². The van der Waals surface area contributed by atoms with Crippen LogP contribution in [0, 0.1) is 0 Å². The number of carbonyl (C=O) groups is 1. The molecular weight excluding hydrogens is 665 g/mol. The number of unbranched alkanes of at least 4 members (excludes halogenated alkanes) is 16. The van der Waals surface area contributed by atoms with E-state index in [1.54, 1.807) is 12.3 Å². The van der Waals surface area contributed by atoms with E-state index in [0.29, 0.717) is 12.8 Å². The average Bonchev–Trinajstić information content (AvgIpc) is 3.11. The van der Waals surface area contributed by atoms with Crippen molar-refractivity contribution < 1.29 is 37.9 Å². The molecule has 4 N–H and O–H groups in total. The van der Waals surface area contributed by atoms with Gasteiger partial charge in [-0.2, -0.15) is 0 Å². The minimum Gasteiger partial charge on any atom is -0.492 e. The molecule has 51 heavy (non-hydrogen) atoms. The minimum atomic E-state index is -4.28. The number of ether oxygens (including phenoxy) is 2. The van der Waals surface area contributed by atoms with Crippen LogP contribution in [-0.4, -0.2) is 54.5 Å². The summed E-state index contributed by atoms with van der Waals surface area (Å²) in [5.41, 5.74) is 5.35. The summed E-state index contributed by atoms with van der Waals surface area (Å²) in [5, 5.41) is 9.85. The number of rotatable bonds is 37. The molecule has 0 saturated heterocycles. The highest BCUT2D eigenvalue weighted by Gasteiger charge is 2.24. The molecule has 10 heteroatoms. The van der Waals surface area contributed by atoms with Crippen LogP contribution in [0.5, 0.6) is 0 Å². The maximum atomic E-state index is 12.4. The van der Waals surface area contributed by atoms with Crippen molar-refractivity contribution in [3.8, 4) is 0 Å². The molecule has 0 spiro atoms. The summed E-state index contributed by atoms with van der Waals surface area (Å²) in [7, 11) is -4.28. The number of aliphatic hydroxyl groups is 1. The molecule has 0 aromatic carbocycles. The second kappa shape index (κ2) is 37.7. The van der Waals surface area contributed by atoms with E-state index in [4.69, 9.17) is 24.3 Å². The van der Waals surface area contributed by atoms with Crippen LogP contribution in [0.25, 0.3) is 0 Å². The van der Waals surface area contributed by atoms with Gasteiger partial charge < -0.3 is 25.2 Å². The Kier molecular flexibility index (Phi) is 36.3. The highest BCUT2D eigenvalue weighted by Crippen LogP contribution is 2.43. The highest BCUT2D eigenvalue weighted by atomic mass is 31.2. The summed E-state index contributed by atoms with van der Waals surface area (Å²) < 4.78 is 33.1. The molecular formula is C41H74NO8P. The Labute approximate surface area is 311 Å². The Morgan fingerprint density at radius 2 is 1.29 bits per heavy atom. The van der Waals surface area contributed by atoms with Crippen LogP contribution >= 0.6 is 7.82 Å². The van der Waals surface area contributed by atoms with Gasteiger partial charge >= 0.3 is 13.8 Å². The molecule has 3 atom stereocenters. The number of aliphatic hydroxyl groups excluding tert-OH is 1. The van der Waals surface area contributed by atoms with Crippen molar-refractivity contribution in [2.24, 2.45) is 5.73 Å². The van der Waals surface area contributed by atoms with Gasteiger partial charge in [0.15, 0.2) is 6.10 Å². The third kappa shape index (κ3) is 37.6. The summed E-state index contributed by atoms with van der Waals surface area (Å²) in [5.74, 6) is -0.334. The lowest BCUT2D eigenvalue weighted by Gasteiger charge is -2.19. The molecule has 0 aromatic rings. The zero-order chi connectivity index (χ0) is 37.5. The fraction of sp³-hybridized carbons (Fsp3) is 0.732. The van der Waals surface area contributed by atoms with E-state index in [0.717, 1.165) is 64.2 Å². The first-order valence-electron chi connectivity index (χ1n) is 19.9. The molecule has 2 unspecified atom stereocenters. The number of carbonyl (C=O) groups excluding carboxylic acids is 1. The first kappa shape index (κ1) is 49.0. The first-order valence-corrected chi connectivity index (χ1v) is 21.4. The number of phosphoric ester groups is 1. The number of hydrogen-bond acceptors (Lipinski definition) is 8. The van der Waals surface area contributed by atoms with Crippen LogP contribution in [0.15, 0.2) is 60.9 Å². The third-order valence-corrected chi connectivity index (χ3v) is 9.07. The van der Waals surface area contributed by atoms with Crippen molar-refractivity contribution in [3.05, 3.63) is 60.9 Å². The van der Waals surface area contributed by atoms with Gasteiger partial charge in [0.05, 0.1) is 25.6 Å². The molecule has 296 valence electrons. The van der Waals surface area contributed by atoms with E-state index >= 15 is 0 Å². The van der Waals surface area contributed by atoms with E-state index in [1.807, 2.05) is 24.3 Å². The standard InChI is InChI=1S/C41H74NO8P/c1-3-5-7-8-9-10-11-12-13-14-15-16-20-23-26-30-35-47-40(38-50-51(45,46)49-36-34-42)37-48-41(44)33-29-25-22-19-17-18-21-24-28-32-39(43)31-27-6-4-2/h6,10-11,21,24,27-28,30,32,35,39-40,43H,3-5,7-9,12-20,22-23,25-26,29,31,33-34,36-38,42H2,1-2H3,(H,45,46)/b11-10-,24-21+,27-6+,32-28+,35-30+/t39?,40-/m1/s1. The molecule has 0 bridgehead atoms. The summed E-state index contributed by atoms with van der Waals surface area (Å²) >= 11 is 0. The molecule has 0 aliphatic rings. The molecule has 0 saturated carbocycles. The van der Waals surface area contributed by atoms with Crippen LogP contribution in [0.2, 0.25) is 0 Å².